The zero-order chi connectivity index (χ0) is 6.15. The van der Waals surface area contributed by atoms with E-state index in [0.29, 0.717) is 0 Å². The van der Waals surface area contributed by atoms with Crippen molar-refractivity contribution in [1.29, 1.82) is 0 Å². The van der Waals surface area contributed by atoms with Gasteiger partial charge in [0.2, 0.25) is 11.5 Å². The molecular formula is C5H8Cl2N2. The minimum absolute atomic E-state index is 0. The van der Waals surface area contributed by atoms with Crippen molar-refractivity contribution in [2.24, 2.45) is 14.1 Å². The van der Waals surface area contributed by atoms with Crippen molar-refractivity contribution >= 4 is 11.6 Å². The highest BCUT2D eigenvalue weighted by molar-refractivity contribution is 6.28. The Morgan fingerprint density at radius 2 is 2.22 bits per heavy atom. The molecule has 0 saturated carbocycles. The summed E-state index contributed by atoms with van der Waals surface area (Å²) in [4.78, 5) is 0. The summed E-state index contributed by atoms with van der Waals surface area (Å²) in [7, 11) is 3.84. The van der Waals surface area contributed by atoms with E-state index in [2.05, 4.69) is 0 Å². The third kappa shape index (κ3) is 1.88. The summed E-state index contributed by atoms with van der Waals surface area (Å²) in [6, 6.07) is 0. The molecule has 0 amide bonds. The summed E-state index contributed by atoms with van der Waals surface area (Å²) in [5.74, 6) is 0. The molecule has 0 spiro atoms. The third-order valence-electron chi connectivity index (χ3n) is 1.00. The minimum atomic E-state index is 0. The van der Waals surface area contributed by atoms with Gasteiger partial charge in [-0.1, -0.05) is 0 Å². The maximum atomic E-state index is 5.67. The lowest BCUT2D eigenvalue weighted by Crippen LogP contribution is -3.00. The summed E-state index contributed by atoms with van der Waals surface area (Å²) in [6.45, 7) is 0. The summed E-state index contributed by atoms with van der Waals surface area (Å²) < 4.78 is 3.75. The zero-order valence-electron chi connectivity index (χ0n) is 5.31. The van der Waals surface area contributed by atoms with Crippen LogP contribution in [0.4, 0.5) is 0 Å². The van der Waals surface area contributed by atoms with E-state index >= 15 is 0 Å². The minimum Gasteiger partial charge on any atom is -1.00 e. The van der Waals surface area contributed by atoms with Crippen LogP contribution in [0.3, 0.4) is 0 Å². The Bertz CT molecular complexity index is 175. The Morgan fingerprint density at radius 3 is 2.33 bits per heavy atom. The van der Waals surface area contributed by atoms with Gasteiger partial charge in [0.1, 0.15) is 6.20 Å². The van der Waals surface area contributed by atoms with Crippen molar-refractivity contribution < 1.29 is 17.0 Å². The predicted octanol–water partition coefficient (Wildman–Crippen LogP) is -2.49. The lowest BCUT2D eigenvalue weighted by Gasteiger charge is -1.75. The molecule has 0 bridgehead atoms. The Balaban J connectivity index is 0.000000640. The van der Waals surface area contributed by atoms with Gasteiger partial charge in [0.05, 0.1) is 14.1 Å². The Kier molecular flexibility index (Phi) is 3.01. The number of hydrogen-bond acceptors (Lipinski definition) is 0. The topological polar surface area (TPSA) is 8.81 Å². The lowest BCUT2D eigenvalue weighted by molar-refractivity contribution is -0.668. The van der Waals surface area contributed by atoms with Crippen LogP contribution < -0.4 is 17.0 Å². The molecule has 1 aromatic rings. The maximum Gasteiger partial charge on any atom is 0.244 e. The molecule has 0 aliphatic rings. The van der Waals surface area contributed by atoms with Crippen LogP contribution in [0, 0.1) is 0 Å². The largest absolute Gasteiger partial charge is 1.00 e. The van der Waals surface area contributed by atoms with Crippen molar-refractivity contribution in [3.63, 3.8) is 0 Å². The molecule has 0 fully saturated rings. The molecule has 52 valence electrons. The highest BCUT2D eigenvalue weighted by Gasteiger charge is 2.00. The van der Waals surface area contributed by atoms with Gasteiger partial charge in [0.25, 0.3) is 0 Å². The van der Waals surface area contributed by atoms with Crippen LogP contribution in [0.15, 0.2) is 12.5 Å². The SMILES string of the molecule is Cn1cc(Cl)[n+](C)c1.[Cl-]. The molecule has 0 aromatic carbocycles. The van der Waals surface area contributed by atoms with E-state index in [9.17, 15) is 0 Å². The van der Waals surface area contributed by atoms with E-state index in [1.165, 1.54) is 0 Å². The fraction of sp³-hybridized carbons (Fsp3) is 0.400. The van der Waals surface area contributed by atoms with Crippen molar-refractivity contribution in [3.8, 4) is 0 Å². The molecule has 0 saturated heterocycles. The van der Waals surface area contributed by atoms with Gasteiger partial charge in [0.15, 0.2) is 0 Å². The molecule has 9 heavy (non-hydrogen) atoms. The highest BCUT2D eigenvalue weighted by Crippen LogP contribution is 1.96. The quantitative estimate of drug-likeness (QED) is 0.378. The van der Waals surface area contributed by atoms with Crippen LogP contribution in [0.25, 0.3) is 0 Å². The highest BCUT2D eigenvalue weighted by atomic mass is 35.5. The normalized spacial score (nSPS) is 8.78. The zero-order valence-corrected chi connectivity index (χ0v) is 6.82. The molecule has 0 radical (unpaired) electrons. The third-order valence-corrected chi connectivity index (χ3v) is 1.37. The average molecular weight is 167 g/mol. The lowest BCUT2D eigenvalue weighted by atomic mass is 10.9. The van der Waals surface area contributed by atoms with Crippen molar-refractivity contribution in [1.82, 2.24) is 4.57 Å². The van der Waals surface area contributed by atoms with Crippen LogP contribution in [-0.2, 0) is 14.1 Å². The molecular weight excluding hydrogens is 159 g/mol. The molecule has 1 aromatic heterocycles. The van der Waals surface area contributed by atoms with Gasteiger partial charge in [-0.3, -0.25) is 0 Å². The van der Waals surface area contributed by atoms with Gasteiger partial charge in [0, 0.05) is 0 Å². The van der Waals surface area contributed by atoms with Crippen LogP contribution in [0.5, 0.6) is 0 Å². The van der Waals surface area contributed by atoms with Crippen LogP contribution in [0.1, 0.15) is 0 Å². The van der Waals surface area contributed by atoms with E-state index in [1.807, 2.05) is 35.8 Å². The first-order chi connectivity index (χ1) is 3.70. The molecule has 0 atom stereocenters. The fourth-order valence-corrected chi connectivity index (χ4v) is 0.818. The first-order valence-electron chi connectivity index (χ1n) is 2.37. The van der Waals surface area contributed by atoms with Crippen LogP contribution >= 0.6 is 11.6 Å². The van der Waals surface area contributed by atoms with Crippen LogP contribution in [-0.4, -0.2) is 4.57 Å². The number of imidazole rings is 1. The first kappa shape index (κ1) is 8.79. The van der Waals surface area contributed by atoms with Crippen molar-refractivity contribution in [3.05, 3.63) is 17.7 Å². The average Bonchev–Trinajstić information content (AvgIpc) is 1.85. The van der Waals surface area contributed by atoms with E-state index in [-0.39, 0.29) is 12.4 Å². The smallest absolute Gasteiger partial charge is 0.244 e. The van der Waals surface area contributed by atoms with Gasteiger partial charge in [-0.15, -0.1) is 0 Å². The fourth-order valence-electron chi connectivity index (χ4n) is 0.621. The molecule has 2 nitrogen and oxygen atoms in total. The molecule has 0 unspecified atom stereocenters. The summed E-state index contributed by atoms with van der Waals surface area (Å²) in [6.07, 6.45) is 3.75. The van der Waals surface area contributed by atoms with Crippen molar-refractivity contribution in [2.75, 3.05) is 0 Å². The number of halogens is 2. The molecule has 0 aliphatic carbocycles. The molecule has 1 heterocycles. The molecule has 4 heteroatoms. The number of aromatic nitrogens is 2. The van der Waals surface area contributed by atoms with E-state index in [4.69, 9.17) is 11.6 Å². The molecule has 1 rings (SSSR count). The van der Waals surface area contributed by atoms with Gasteiger partial charge in [-0.05, 0) is 11.6 Å². The first-order valence-corrected chi connectivity index (χ1v) is 2.75. The van der Waals surface area contributed by atoms with E-state index < -0.39 is 0 Å². The van der Waals surface area contributed by atoms with E-state index in [1.54, 1.807) is 0 Å². The molecule has 0 N–H and O–H groups in total. The van der Waals surface area contributed by atoms with Gasteiger partial charge in [-0.2, -0.15) is 0 Å². The number of aryl methyl sites for hydroxylation is 2. The predicted molar refractivity (Wildman–Crippen MR) is 31.6 cm³/mol. The Hall–Kier alpha value is -0.210. The second kappa shape index (κ2) is 3.08. The molecule has 0 aliphatic heterocycles. The number of rotatable bonds is 0. The van der Waals surface area contributed by atoms with Gasteiger partial charge >= 0.3 is 0 Å². The monoisotopic (exact) mass is 166 g/mol. The van der Waals surface area contributed by atoms with Crippen molar-refractivity contribution in [2.45, 2.75) is 0 Å². The second-order valence-electron chi connectivity index (χ2n) is 1.84. The van der Waals surface area contributed by atoms with E-state index in [0.717, 1.165) is 5.15 Å². The number of hydrogen-bond donors (Lipinski definition) is 0. The summed E-state index contributed by atoms with van der Waals surface area (Å²) in [5.41, 5.74) is 0. The van der Waals surface area contributed by atoms with Gasteiger partial charge in [-0.25, -0.2) is 9.13 Å². The Labute approximate surface area is 65.5 Å². The number of nitrogens with zero attached hydrogens (tertiary/aromatic N) is 2. The van der Waals surface area contributed by atoms with Gasteiger partial charge < -0.3 is 12.4 Å². The Morgan fingerprint density at radius 1 is 1.67 bits per heavy atom. The maximum absolute atomic E-state index is 5.67. The van der Waals surface area contributed by atoms with Crippen LogP contribution in [0.2, 0.25) is 5.15 Å². The second-order valence-corrected chi connectivity index (χ2v) is 2.23. The summed E-state index contributed by atoms with van der Waals surface area (Å²) >= 11 is 5.67. The standard InChI is InChI=1S/C5H8ClN2.ClH/c1-7-3-5(6)8(2)4-7;/h3-4H,1-2H3;1H/q+1;/p-1. The summed E-state index contributed by atoms with van der Waals surface area (Å²) in [5, 5.41) is 0.757.